The van der Waals surface area contributed by atoms with Gasteiger partial charge in [-0.15, -0.1) is 5.11 Å². The Bertz CT molecular complexity index is 1100. The number of rotatable bonds is 4. The Morgan fingerprint density at radius 2 is 1.63 bits per heavy atom. The predicted molar refractivity (Wildman–Crippen MR) is 101 cm³/mol. The maximum absolute atomic E-state index is 11.3. The van der Waals surface area contributed by atoms with Gasteiger partial charge < -0.3 is 6.53 Å². The Morgan fingerprint density at radius 3 is 2.22 bits per heavy atom. The summed E-state index contributed by atoms with van der Waals surface area (Å²) >= 11 is 0. The fraction of sp³-hybridized carbons (Fsp3) is 0.158. The van der Waals surface area contributed by atoms with Crippen LogP contribution in [0, 0.1) is 0 Å². The summed E-state index contributed by atoms with van der Waals surface area (Å²) in [6.45, 7) is 4.21. The van der Waals surface area contributed by atoms with Gasteiger partial charge in [0.05, 0.1) is 10.6 Å². The van der Waals surface area contributed by atoms with Crippen molar-refractivity contribution in [3.8, 4) is 5.75 Å². The van der Waals surface area contributed by atoms with Gasteiger partial charge in [0.25, 0.3) is 10.1 Å². The molecule has 0 heterocycles. The van der Waals surface area contributed by atoms with Crippen molar-refractivity contribution in [3.05, 3.63) is 60.2 Å². The molecule has 0 radical (unpaired) electrons. The van der Waals surface area contributed by atoms with Crippen LogP contribution in [0.5, 0.6) is 5.75 Å². The van der Waals surface area contributed by atoms with Gasteiger partial charge in [-0.25, -0.2) is 0 Å². The van der Waals surface area contributed by atoms with Gasteiger partial charge in [0.15, 0.2) is 0 Å². The Morgan fingerprint density at radius 1 is 0.963 bits per heavy atom. The molecule has 0 amide bonds. The van der Waals surface area contributed by atoms with Gasteiger partial charge >= 0.3 is 29.6 Å². The summed E-state index contributed by atoms with van der Waals surface area (Å²) < 4.78 is 31.7. The zero-order valence-electron chi connectivity index (χ0n) is 16.3. The van der Waals surface area contributed by atoms with E-state index in [-0.39, 0.29) is 47.3 Å². The minimum absolute atomic E-state index is 0. The van der Waals surface area contributed by atoms with Gasteiger partial charge in [0.2, 0.25) is 0 Å². The number of aromatic hydroxyl groups is 1. The van der Waals surface area contributed by atoms with Crippen LogP contribution in [0.1, 0.15) is 26.8 Å². The molecule has 6 nitrogen and oxygen atoms in total. The first-order valence-electron chi connectivity index (χ1n) is 8.00. The number of nitrogens with zero attached hydrogens (tertiary/aromatic N) is 2. The molecule has 0 saturated carbocycles. The van der Waals surface area contributed by atoms with Crippen molar-refractivity contribution in [1.29, 1.82) is 0 Å². The van der Waals surface area contributed by atoms with Gasteiger partial charge in [0, 0.05) is 5.39 Å². The molecule has 3 aromatic rings. The van der Waals surface area contributed by atoms with Crippen LogP contribution in [-0.4, -0.2) is 18.1 Å². The monoisotopic (exact) mass is 394 g/mol. The van der Waals surface area contributed by atoms with Crippen LogP contribution >= 0.6 is 0 Å². The summed E-state index contributed by atoms with van der Waals surface area (Å²) in [5, 5.41) is 19.4. The van der Waals surface area contributed by atoms with E-state index in [0.29, 0.717) is 22.4 Å². The third kappa shape index (κ3) is 4.94. The third-order valence-corrected chi connectivity index (χ3v) is 4.91. The van der Waals surface area contributed by atoms with Crippen molar-refractivity contribution in [3.63, 3.8) is 0 Å². The Labute approximate surface area is 181 Å². The van der Waals surface area contributed by atoms with E-state index in [1.54, 1.807) is 6.07 Å². The summed E-state index contributed by atoms with van der Waals surface area (Å²) in [7, 11) is -4.30. The SMILES string of the molecule is CC(C)c1ccc(N=Nc2c(O)ccc3cc(S(=O)(=O)O)ccc23)cc1.[H-].[Na+]. The molecule has 0 unspecified atom stereocenters. The molecule has 0 bridgehead atoms. The summed E-state index contributed by atoms with van der Waals surface area (Å²) in [5.74, 6) is 0.347. The maximum Gasteiger partial charge on any atom is 1.00 e. The minimum Gasteiger partial charge on any atom is -1.00 e. The summed E-state index contributed by atoms with van der Waals surface area (Å²) in [4.78, 5) is -0.220. The van der Waals surface area contributed by atoms with Gasteiger partial charge in [-0.1, -0.05) is 38.1 Å². The quantitative estimate of drug-likeness (QED) is 0.403. The van der Waals surface area contributed by atoms with E-state index >= 15 is 0 Å². The van der Waals surface area contributed by atoms with Crippen molar-refractivity contribution in [2.24, 2.45) is 10.2 Å². The number of benzene rings is 3. The molecule has 0 aliphatic rings. The van der Waals surface area contributed by atoms with Crippen molar-refractivity contribution in [2.75, 3.05) is 0 Å². The molecule has 3 aromatic carbocycles. The van der Waals surface area contributed by atoms with Crippen LogP contribution in [0.25, 0.3) is 10.8 Å². The van der Waals surface area contributed by atoms with Gasteiger partial charge in [-0.2, -0.15) is 13.5 Å². The zero-order valence-corrected chi connectivity index (χ0v) is 18.1. The van der Waals surface area contributed by atoms with Crippen LogP contribution in [-0.2, 0) is 10.1 Å². The van der Waals surface area contributed by atoms with E-state index in [1.165, 1.54) is 29.8 Å². The molecule has 27 heavy (non-hydrogen) atoms. The maximum atomic E-state index is 11.3. The van der Waals surface area contributed by atoms with E-state index in [2.05, 4.69) is 24.1 Å². The van der Waals surface area contributed by atoms with Gasteiger partial charge in [0.1, 0.15) is 11.4 Å². The topological polar surface area (TPSA) is 99.3 Å². The Balaban J connectivity index is 0.00000196. The predicted octanol–water partition coefficient (Wildman–Crippen LogP) is 2.45. The first kappa shape index (κ1) is 21.5. The van der Waals surface area contributed by atoms with Crippen molar-refractivity contribution in [2.45, 2.75) is 24.7 Å². The molecule has 0 aliphatic heterocycles. The molecule has 2 N–H and O–H groups in total. The molecule has 0 saturated heterocycles. The smallest absolute Gasteiger partial charge is 1.00 e. The summed E-state index contributed by atoms with van der Waals surface area (Å²) in [5.41, 5.74) is 2.06. The molecular formula is C19H19N2NaO4S. The van der Waals surface area contributed by atoms with Crippen LogP contribution in [0.4, 0.5) is 11.4 Å². The Kier molecular flexibility index (Phi) is 6.77. The number of phenolic OH excluding ortho intramolecular Hbond substituents is 1. The van der Waals surface area contributed by atoms with Gasteiger partial charge in [-0.05, 0) is 47.2 Å². The van der Waals surface area contributed by atoms with Crippen molar-refractivity contribution >= 4 is 32.3 Å². The molecule has 0 atom stereocenters. The number of hydrogen-bond acceptors (Lipinski definition) is 5. The second kappa shape index (κ2) is 8.50. The molecule has 136 valence electrons. The molecule has 0 spiro atoms. The fourth-order valence-electron chi connectivity index (χ4n) is 2.58. The van der Waals surface area contributed by atoms with Crippen molar-refractivity contribution in [1.82, 2.24) is 0 Å². The van der Waals surface area contributed by atoms with Crippen LogP contribution in [0.15, 0.2) is 69.7 Å². The fourth-order valence-corrected chi connectivity index (χ4v) is 3.10. The number of fused-ring (bicyclic) bond motifs is 1. The average molecular weight is 394 g/mol. The van der Waals surface area contributed by atoms with E-state index in [9.17, 15) is 13.5 Å². The zero-order chi connectivity index (χ0) is 18.9. The second-order valence-electron chi connectivity index (χ2n) is 6.24. The van der Waals surface area contributed by atoms with E-state index < -0.39 is 10.1 Å². The minimum atomic E-state index is -4.30. The number of hydrogen-bond donors (Lipinski definition) is 2. The molecular weight excluding hydrogens is 375 g/mol. The Hall–Kier alpha value is -1.77. The third-order valence-electron chi connectivity index (χ3n) is 4.06. The van der Waals surface area contributed by atoms with Crippen LogP contribution in [0.3, 0.4) is 0 Å². The van der Waals surface area contributed by atoms with E-state index in [4.69, 9.17) is 4.55 Å². The normalized spacial score (nSPS) is 11.9. The van der Waals surface area contributed by atoms with Crippen molar-refractivity contribution < 1.29 is 49.1 Å². The van der Waals surface area contributed by atoms with Gasteiger partial charge in [-0.3, -0.25) is 4.55 Å². The first-order chi connectivity index (χ1) is 12.3. The molecule has 8 heteroatoms. The van der Waals surface area contributed by atoms with Crippen LogP contribution in [0.2, 0.25) is 0 Å². The number of azo groups is 1. The van der Waals surface area contributed by atoms with E-state index in [0.717, 1.165) is 0 Å². The molecule has 0 aromatic heterocycles. The first-order valence-corrected chi connectivity index (χ1v) is 9.44. The molecule has 0 aliphatic carbocycles. The summed E-state index contributed by atoms with van der Waals surface area (Å²) in [6.07, 6.45) is 0. The second-order valence-corrected chi connectivity index (χ2v) is 7.66. The molecule has 0 fully saturated rings. The average Bonchev–Trinajstić information content (AvgIpc) is 2.60. The largest absolute Gasteiger partial charge is 1.00 e. The summed E-state index contributed by atoms with van der Waals surface area (Å²) in [6, 6.07) is 14.7. The standard InChI is InChI=1S/C19H18N2O4S.Na.H/c1-12(2)13-3-6-15(7-4-13)20-21-19-17-9-8-16(26(23,24)25)11-14(17)5-10-18(19)22;;/h3-12,22H,1-2H3,(H,23,24,25);;/q;+1;-1. The molecule has 3 rings (SSSR count). The number of phenols is 1. The van der Waals surface area contributed by atoms with Crippen LogP contribution < -0.4 is 29.6 Å². The van der Waals surface area contributed by atoms with E-state index in [1.807, 2.05) is 24.3 Å².